The van der Waals surface area contributed by atoms with E-state index in [9.17, 15) is 9.59 Å². The molecule has 23 heavy (non-hydrogen) atoms. The average Bonchev–Trinajstić information content (AvgIpc) is 2.88. The zero-order chi connectivity index (χ0) is 16.6. The zero-order valence-electron chi connectivity index (χ0n) is 12.7. The lowest BCUT2D eigenvalue weighted by atomic mass is 10.2. The van der Waals surface area contributed by atoms with Crippen LogP contribution in [0.2, 0.25) is 5.02 Å². The third-order valence-electron chi connectivity index (χ3n) is 3.77. The van der Waals surface area contributed by atoms with Crippen molar-refractivity contribution in [1.29, 1.82) is 0 Å². The van der Waals surface area contributed by atoms with Gasteiger partial charge in [-0.05, 0) is 43.7 Å². The first-order valence-electron chi connectivity index (χ1n) is 7.15. The van der Waals surface area contributed by atoms with Crippen LogP contribution in [-0.4, -0.2) is 9.86 Å². The summed E-state index contributed by atoms with van der Waals surface area (Å²) in [6.45, 7) is 3.56. The van der Waals surface area contributed by atoms with Crippen molar-refractivity contribution in [1.82, 2.24) is 3.96 Å². The van der Waals surface area contributed by atoms with E-state index in [1.807, 2.05) is 25.1 Å². The number of benzene rings is 2. The molecule has 0 spiro atoms. The van der Waals surface area contributed by atoms with Gasteiger partial charge in [0.15, 0.2) is 0 Å². The lowest BCUT2D eigenvalue weighted by Gasteiger charge is -2.14. The van der Waals surface area contributed by atoms with Crippen molar-refractivity contribution in [2.75, 3.05) is 5.32 Å². The van der Waals surface area contributed by atoms with E-state index in [0.717, 1.165) is 10.3 Å². The van der Waals surface area contributed by atoms with E-state index in [4.69, 9.17) is 11.6 Å². The number of aromatic nitrogens is 1. The summed E-state index contributed by atoms with van der Waals surface area (Å²) in [5.41, 5.74) is 1.32. The number of anilines is 1. The standard InChI is InChI=1S/C17H15ClN2O2S/c1-10-13(18)7-5-8-14(10)19-16(21)11(2)20-17(22)12-6-3-4-9-15(12)23-20/h3-9,11H,1-2H3,(H,19,21)/t11-/m1/s1. The van der Waals surface area contributed by atoms with Crippen LogP contribution < -0.4 is 10.9 Å². The maximum atomic E-state index is 12.5. The lowest BCUT2D eigenvalue weighted by Crippen LogP contribution is -2.28. The predicted octanol–water partition coefficient (Wildman–Crippen LogP) is 4.22. The summed E-state index contributed by atoms with van der Waals surface area (Å²) < 4.78 is 2.37. The number of fused-ring (bicyclic) bond motifs is 1. The highest BCUT2D eigenvalue weighted by Crippen LogP contribution is 2.25. The molecule has 1 atom stereocenters. The molecule has 1 heterocycles. The Morgan fingerprint density at radius 1 is 1.22 bits per heavy atom. The number of hydrogen-bond donors (Lipinski definition) is 1. The second-order valence-corrected chi connectivity index (χ2v) is 6.72. The van der Waals surface area contributed by atoms with E-state index in [1.54, 1.807) is 31.2 Å². The van der Waals surface area contributed by atoms with Crippen LogP contribution in [0.15, 0.2) is 47.3 Å². The number of amides is 1. The fourth-order valence-corrected chi connectivity index (χ4v) is 3.55. The van der Waals surface area contributed by atoms with Gasteiger partial charge in [-0.2, -0.15) is 0 Å². The Morgan fingerprint density at radius 3 is 2.70 bits per heavy atom. The van der Waals surface area contributed by atoms with Gasteiger partial charge in [-0.1, -0.05) is 41.3 Å². The Balaban J connectivity index is 1.91. The van der Waals surface area contributed by atoms with Crippen LogP contribution in [0, 0.1) is 6.92 Å². The fraction of sp³-hybridized carbons (Fsp3) is 0.176. The Bertz CT molecular complexity index is 945. The summed E-state index contributed by atoms with van der Waals surface area (Å²) in [6, 6.07) is 12.1. The molecule has 0 fully saturated rings. The van der Waals surface area contributed by atoms with Crippen molar-refractivity contribution in [2.24, 2.45) is 0 Å². The smallest absolute Gasteiger partial charge is 0.269 e. The first-order chi connectivity index (χ1) is 11.0. The number of nitrogens with zero attached hydrogens (tertiary/aromatic N) is 1. The Hall–Kier alpha value is -2.11. The molecule has 4 nitrogen and oxygen atoms in total. The molecule has 6 heteroatoms. The van der Waals surface area contributed by atoms with Crippen LogP contribution in [0.5, 0.6) is 0 Å². The number of carbonyl (C=O) groups excluding carboxylic acids is 1. The van der Waals surface area contributed by atoms with Gasteiger partial charge in [-0.3, -0.25) is 13.5 Å². The molecule has 2 aromatic carbocycles. The SMILES string of the molecule is Cc1c(Cl)cccc1NC(=O)[C@@H](C)n1sc2ccccc2c1=O. The highest BCUT2D eigenvalue weighted by atomic mass is 35.5. The second kappa shape index (κ2) is 6.18. The number of nitrogens with one attached hydrogen (secondary N) is 1. The first-order valence-corrected chi connectivity index (χ1v) is 8.30. The molecule has 3 rings (SSSR count). The van der Waals surface area contributed by atoms with Crippen LogP contribution >= 0.6 is 23.1 Å². The van der Waals surface area contributed by atoms with Gasteiger partial charge in [0.25, 0.3) is 5.56 Å². The molecule has 1 aromatic heterocycles. The summed E-state index contributed by atoms with van der Waals surface area (Å²) in [5.74, 6) is -0.246. The van der Waals surface area contributed by atoms with Gasteiger partial charge in [0, 0.05) is 10.7 Å². The normalized spacial score (nSPS) is 12.3. The number of halogens is 1. The largest absolute Gasteiger partial charge is 0.324 e. The molecule has 0 saturated heterocycles. The summed E-state index contributed by atoms with van der Waals surface area (Å²) >= 11 is 7.36. The van der Waals surface area contributed by atoms with Crippen LogP contribution in [0.4, 0.5) is 5.69 Å². The van der Waals surface area contributed by atoms with Crippen LogP contribution in [0.1, 0.15) is 18.5 Å². The summed E-state index contributed by atoms with van der Waals surface area (Å²) in [4.78, 5) is 24.9. The minimum Gasteiger partial charge on any atom is -0.324 e. The predicted molar refractivity (Wildman–Crippen MR) is 95.6 cm³/mol. The Morgan fingerprint density at radius 2 is 1.96 bits per heavy atom. The molecule has 0 bridgehead atoms. The minimum atomic E-state index is -0.599. The summed E-state index contributed by atoms with van der Waals surface area (Å²) in [7, 11) is 0. The molecular weight excluding hydrogens is 332 g/mol. The summed E-state index contributed by atoms with van der Waals surface area (Å²) in [5, 5.41) is 4.07. The van der Waals surface area contributed by atoms with E-state index in [2.05, 4.69) is 5.32 Å². The fourth-order valence-electron chi connectivity index (χ4n) is 2.33. The monoisotopic (exact) mass is 346 g/mol. The minimum absolute atomic E-state index is 0.143. The van der Waals surface area contributed by atoms with Gasteiger partial charge in [0.2, 0.25) is 5.91 Å². The van der Waals surface area contributed by atoms with E-state index in [1.165, 1.54) is 15.5 Å². The zero-order valence-corrected chi connectivity index (χ0v) is 14.2. The molecule has 0 aliphatic heterocycles. The van der Waals surface area contributed by atoms with Gasteiger partial charge in [0.1, 0.15) is 6.04 Å². The quantitative estimate of drug-likeness (QED) is 0.771. The molecular formula is C17H15ClN2O2S. The van der Waals surface area contributed by atoms with Crippen molar-refractivity contribution < 1.29 is 4.79 Å². The Kier molecular flexibility index (Phi) is 4.24. The number of rotatable bonds is 3. The highest BCUT2D eigenvalue weighted by molar-refractivity contribution is 7.14. The molecule has 1 N–H and O–H groups in total. The van der Waals surface area contributed by atoms with E-state index in [0.29, 0.717) is 16.1 Å². The van der Waals surface area contributed by atoms with Crippen molar-refractivity contribution in [3.8, 4) is 0 Å². The van der Waals surface area contributed by atoms with Crippen LogP contribution in [-0.2, 0) is 4.79 Å². The van der Waals surface area contributed by atoms with Gasteiger partial charge in [0.05, 0.1) is 10.1 Å². The summed E-state index contributed by atoms with van der Waals surface area (Å²) in [6.07, 6.45) is 0. The van der Waals surface area contributed by atoms with Gasteiger partial charge >= 0.3 is 0 Å². The second-order valence-electron chi connectivity index (χ2n) is 5.30. The van der Waals surface area contributed by atoms with Crippen molar-refractivity contribution in [2.45, 2.75) is 19.9 Å². The van der Waals surface area contributed by atoms with E-state index in [-0.39, 0.29) is 11.5 Å². The van der Waals surface area contributed by atoms with E-state index < -0.39 is 6.04 Å². The van der Waals surface area contributed by atoms with E-state index >= 15 is 0 Å². The number of hydrogen-bond acceptors (Lipinski definition) is 3. The molecule has 0 aliphatic carbocycles. The molecule has 1 amide bonds. The first kappa shape index (κ1) is 15.8. The third kappa shape index (κ3) is 2.90. The lowest BCUT2D eigenvalue weighted by molar-refractivity contribution is -0.118. The average molecular weight is 347 g/mol. The molecule has 0 unspecified atom stereocenters. The Labute approximate surface area is 142 Å². The highest BCUT2D eigenvalue weighted by Gasteiger charge is 2.20. The van der Waals surface area contributed by atoms with Gasteiger partial charge in [-0.25, -0.2) is 0 Å². The topological polar surface area (TPSA) is 51.1 Å². The molecule has 0 saturated carbocycles. The van der Waals surface area contributed by atoms with Crippen molar-refractivity contribution >= 4 is 44.8 Å². The molecule has 3 aromatic rings. The number of carbonyl (C=O) groups is 1. The van der Waals surface area contributed by atoms with Gasteiger partial charge in [-0.15, -0.1) is 0 Å². The van der Waals surface area contributed by atoms with Crippen molar-refractivity contribution in [3.05, 3.63) is 63.4 Å². The van der Waals surface area contributed by atoms with Gasteiger partial charge < -0.3 is 5.32 Å². The molecule has 0 radical (unpaired) electrons. The maximum absolute atomic E-state index is 12.5. The third-order valence-corrected chi connectivity index (χ3v) is 5.41. The van der Waals surface area contributed by atoms with Crippen LogP contribution in [0.3, 0.4) is 0 Å². The van der Waals surface area contributed by atoms with Crippen molar-refractivity contribution in [3.63, 3.8) is 0 Å². The molecule has 118 valence electrons. The van der Waals surface area contributed by atoms with Crippen LogP contribution in [0.25, 0.3) is 10.1 Å². The molecule has 0 aliphatic rings. The maximum Gasteiger partial charge on any atom is 0.269 e.